The Balaban J connectivity index is 2.19. The van der Waals surface area contributed by atoms with Gasteiger partial charge in [0.25, 0.3) is 0 Å². The van der Waals surface area contributed by atoms with Crippen LogP contribution in [0.5, 0.6) is 0 Å². The molecule has 0 radical (unpaired) electrons. The normalized spacial score (nSPS) is 13.5. The van der Waals surface area contributed by atoms with Gasteiger partial charge in [-0.15, -0.1) is 0 Å². The lowest BCUT2D eigenvalue weighted by Gasteiger charge is -2.17. The number of rotatable bonds is 8. The molecule has 0 N–H and O–H groups in total. The van der Waals surface area contributed by atoms with Crippen molar-refractivity contribution in [2.24, 2.45) is 0 Å². The Labute approximate surface area is 181 Å². The second-order valence-corrected chi connectivity index (χ2v) is 8.40. The van der Waals surface area contributed by atoms with Crippen molar-refractivity contribution in [1.29, 1.82) is 0 Å². The van der Waals surface area contributed by atoms with Crippen molar-refractivity contribution >= 4 is 60.8 Å². The average molecular weight is 523 g/mol. The molecule has 0 aliphatic carbocycles. The molecule has 2 aromatic heterocycles. The van der Waals surface area contributed by atoms with E-state index in [1.807, 2.05) is 38.1 Å². The largest absolute Gasteiger partial charge is 0.298 e. The van der Waals surface area contributed by atoms with Gasteiger partial charge in [0.1, 0.15) is 16.1 Å². The average Bonchev–Trinajstić information content (AvgIpc) is 2.63. The van der Waals surface area contributed by atoms with Crippen LogP contribution in [0.1, 0.15) is 48.2 Å². The number of carbonyl (C=O) groups excluding carboxylic acids is 1. The Kier molecular flexibility index (Phi) is 8.52. The Hall–Kier alpha value is -0.490. The number of hydrogen-bond acceptors (Lipinski definition) is 3. The van der Waals surface area contributed by atoms with E-state index in [-0.39, 0.29) is 17.6 Å². The minimum Gasteiger partial charge on any atom is -0.298 e. The third-order valence-electron chi connectivity index (χ3n) is 4.36. The van der Waals surface area contributed by atoms with E-state index in [0.29, 0.717) is 21.7 Å². The zero-order valence-electron chi connectivity index (χ0n) is 14.6. The minimum absolute atomic E-state index is 0.0404. The number of aromatic nitrogens is 2. The maximum absolute atomic E-state index is 12.9. The number of ketones is 1. The smallest absolute Gasteiger partial charge is 0.150 e. The molecule has 2 rings (SSSR count). The highest BCUT2D eigenvalue weighted by atomic mass is 79.9. The van der Waals surface area contributed by atoms with Crippen LogP contribution in [0.3, 0.4) is 0 Å². The lowest BCUT2D eigenvalue weighted by Crippen LogP contribution is -2.19. The highest BCUT2D eigenvalue weighted by Crippen LogP contribution is 2.28. The third kappa shape index (κ3) is 5.28. The lowest BCUT2D eigenvalue weighted by molar-refractivity contribution is -0.121. The quantitative estimate of drug-likeness (QED) is 0.309. The SMILES string of the molecule is CC(C(=O)C(C)c1ccc(CCBr)c(Cl)n1)c1ccc(CCBr)c(Cl)n1. The Morgan fingerprint density at radius 3 is 1.58 bits per heavy atom. The van der Waals surface area contributed by atoms with Gasteiger partial charge in [-0.05, 0) is 49.9 Å². The predicted molar refractivity (Wildman–Crippen MR) is 115 cm³/mol. The van der Waals surface area contributed by atoms with E-state index in [1.165, 1.54) is 0 Å². The van der Waals surface area contributed by atoms with Crippen molar-refractivity contribution in [1.82, 2.24) is 9.97 Å². The van der Waals surface area contributed by atoms with Crippen LogP contribution in [0.25, 0.3) is 0 Å². The molecule has 2 atom stereocenters. The number of halogens is 4. The first-order valence-corrected chi connectivity index (χ1v) is 11.3. The molecule has 2 unspecified atom stereocenters. The van der Waals surface area contributed by atoms with Crippen LogP contribution in [0, 0.1) is 0 Å². The maximum Gasteiger partial charge on any atom is 0.150 e. The summed E-state index contributed by atoms with van der Waals surface area (Å²) < 4.78 is 0. The summed E-state index contributed by atoms with van der Waals surface area (Å²) in [5.74, 6) is -0.703. The van der Waals surface area contributed by atoms with Gasteiger partial charge in [0.2, 0.25) is 0 Å². The molecule has 0 saturated heterocycles. The molecular weight excluding hydrogens is 503 g/mol. The molecule has 0 aromatic carbocycles. The van der Waals surface area contributed by atoms with Crippen molar-refractivity contribution in [3.8, 4) is 0 Å². The van der Waals surface area contributed by atoms with Crippen LogP contribution in [-0.4, -0.2) is 26.4 Å². The summed E-state index contributed by atoms with van der Waals surface area (Å²) in [6.45, 7) is 3.70. The van der Waals surface area contributed by atoms with E-state index in [2.05, 4.69) is 41.8 Å². The summed E-state index contributed by atoms with van der Waals surface area (Å²) in [7, 11) is 0. The lowest BCUT2D eigenvalue weighted by atomic mass is 9.90. The number of aryl methyl sites for hydroxylation is 2. The molecule has 0 spiro atoms. The molecular formula is C19H20Br2Cl2N2O. The molecule has 0 saturated carbocycles. The number of pyridine rings is 2. The number of Topliss-reactive ketones (excluding diaryl/α,β-unsaturated/α-hetero) is 1. The number of nitrogens with zero attached hydrogens (tertiary/aromatic N) is 2. The predicted octanol–water partition coefficient (Wildman–Crippen LogP) is 6.13. The van der Waals surface area contributed by atoms with Crippen LogP contribution in [-0.2, 0) is 17.6 Å². The highest BCUT2D eigenvalue weighted by molar-refractivity contribution is 9.09. The van der Waals surface area contributed by atoms with Gasteiger partial charge in [-0.25, -0.2) is 9.97 Å². The molecule has 0 amide bonds. The Morgan fingerprint density at radius 1 is 0.885 bits per heavy atom. The molecule has 7 heteroatoms. The number of hydrogen-bond donors (Lipinski definition) is 0. The second-order valence-electron chi connectivity index (χ2n) is 6.10. The second kappa shape index (κ2) is 10.2. The summed E-state index contributed by atoms with van der Waals surface area (Å²) >= 11 is 19.3. The first-order chi connectivity index (χ1) is 12.4. The monoisotopic (exact) mass is 520 g/mol. The Bertz CT molecular complexity index is 723. The van der Waals surface area contributed by atoms with Gasteiger partial charge in [-0.3, -0.25) is 4.79 Å². The third-order valence-corrected chi connectivity index (χ3v) is 5.81. The topological polar surface area (TPSA) is 42.9 Å². The molecule has 0 aliphatic rings. The van der Waals surface area contributed by atoms with Gasteiger partial charge in [-0.1, -0.05) is 67.2 Å². The molecule has 0 aliphatic heterocycles. The first kappa shape index (κ1) is 21.8. The highest BCUT2D eigenvalue weighted by Gasteiger charge is 2.25. The van der Waals surface area contributed by atoms with Crippen molar-refractivity contribution < 1.29 is 4.79 Å². The molecule has 0 bridgehead atoms. The number of carbonyl (C=O) groups is 1. The molecule has 2 aromatic rings. The summed E-state index contributed by atoms with van der Waals surface area (Å²) in [5, 5.41) is 2.54. The van der Waals surface area contributed by atoms with Crippen molar-refractivity contribution in [3.05, 3.63) is 57.1 Å². The van der Waals surface area contributed by atoms with Gasteiger partial charge in [0, 0.05) is 10.7 Å². The fourth-order valence-corrected chi connectivity index (χ4v) is 4.04. The van der Waals surface area contributed by atoms with Crippen LogP contribution in [0.4, 0.5) is 0 Å². The fraction of sp³-hybridized carbons (Fsp3) is 0.421. The van der Waals surface area contributed by atoms with E-state index in [1.54, 1.807) is 0 Å². The van der Waals surface area contributed by atoms with Gasteiger partial charge in [0.05, 0.1) is 23.2 Å². The van der Waals surface area contributed by atoms with Crippen molar-refractivity contribution in [2.75, 3.05) is 10.7 Å². The number of alkyl halides is 2. The van der Waals surface area contributed by atoms with E-state index in [4.69, 9.17) is 23.2 Å². The summed E-state index contributed by atoms with van der Waals surface area (Å²) in [6.07, 6.45) is 1.60. The molecule has 2 heterocycles. The van der Waals surface area contributed by atoms with Gasteiger partial charge < -0.3 is 0 Å². The summed E-state index contributed by atoms with van der Waals surface area (Å²) in [4.78, 5) is 21.7. The van der Waals surface area contributed by atoms with Crippen LogP contribution < -0.4 is 0 Å². The summed E-state index contributed by atoms with van der Waals surface area (Å²) in [5.41, 5.74) is 3.28. The van der Waals surface area contributed by atoms with E-state index < -0.39 is 0 Å². The first-order valence-electron chi connectivity index (χ1n) is 8.35. The molecule has 26 heavy (non-hydrogen) atoms. The summed E-state index contributed by atoms with van der Waals surface area (Å²) in [6, 6.07) is 7.62. The molecule has 140 valence electrons. The zero-order valence-corrected chi connectivity index (χ0v) is 19.3. The fourth-order valence-electron chi connectivity index (χ4n) is 2.68. The van der Waals surface area contributed by atoms with Crippen LogP contribution >= 0.6 is 55.1 Å². The van der Waals surface area contributed by atoms with E-state index >= 15 is 0 Å². The Morgan fingerprint density at radius 2 is 1.27 bits per heavy atom. The van der Waals surface area contributed by atoms with E-state index in [9.17, 15) is 4.79 Å². The van der Waals surface area contributed by atoms with Crippen molar-refractivity contribution in [2.45, 2.75) is 38.5 Å². The van der Waals surface area contributed by atoms with Gasteiger partial charge in [0.15, 0.2) is 0 Å². The molecule has 3 nitrogen and oxygen atoms in total. The van der Waals surface area contributed by atoms with Gasteiger partial charge in [-0.2, -0.15) is 0 Å². The zero-order chi connectivity index (χ0) is 19.3. The minimum atomic E-state index is -0.372. The maximum atomic E-state index is 12.9. The van der Waals surface area contributed by atoms with Crippen molar-refractivity contribution in [3.63, 3.8) is 0 Å². The van der Waals surface area contributed by atoms with Crippen LogP contribution in [0.2, 0.25) is 10.3 Å². The standard InChI is InChI=1S/C19H20Br2Cl2N2O/c1-11(15-5-3-13(7-9-20)18(22)24-15)17(26)12(2)16-6-4-14(8-10-21)19(23)25-16/h3-6,11-12H,7-10H2,1-2H3. The molecule has 0 fully saturated rings. The van der Waals surface area contributed by atoms with Crippen LogP contribution in [0.15, 0.2) is 24.3 Å². The van der Waals surface area contributed by atoms with Gasteiger partial charge >= 0.3 is 0 Å². The van der Waals surface area contributed by atoms with E-state index in [0.717, 1.165) is 34.6 Å².